The Morgan fingerprint density at radius 1 is 1.00 bits per heavy atom. The van der Waals surface area contributed by atoms with Gasteiger partial charge in [-0.3, -0.25) is 0 Å². The van der Waals surface area contributed by atoms with Crippen molar-refractivity contribution >= 4 is 40.1 Å². The SMILES string of the molecule is COc1ccc(C(O)(c2ccc3nc(Cl)c(-c4ccccc4)c(Cl)c3c2)c2c(C)noc2C)cn1.O=C(O)C(F)(F)F. The molecule has 8 nitrogen and oxygen atoms in total. The van der Waals surface area contributed by atoms with Gasteiger partial charge >= 0.3 is 12.1 Å². The van der Waals surface area contributed by atoms with Gasteiger partial charge in [0, 0.05) is 28.8 Å². The van der Waals surface area contributed by atoms with Gasteiger partial charge in [-0.25, -0.2) is 14.8 Å². The molecule has 218 valence electrons. The standard InChI is InChI=1S/C27H21Cl2N3O3.C2HF3O2/c1-15-24(16(2)35-32-15)27(33,19-10-12-22(34-3)30-14-19)18-9-11-21-20(13-18)25(28)23(26(29)31-21)17-7-5-4-6-8-17;3-2(4,5)1(6)7/h4-14,33H,1-3H3;(H,6,7). The number of hydrogen-bond acceptors (Lipinski definition) is 7. The molecule has 5 rings (SSSR count). The van der Waals surface area contributed by atoms with Crippen LogP contribution < -0.4 is 4.74 Å². The van der Waals surface area contributed by atoms with E-state index in [4.69, 9.17) is 42.4 Å². The molecule has 0 saturated heterocycles. The van der Waals surface area contributed by atoms with Crippen molar-refractivity contribution in [3.63, 3.8) is 0 Å². The Morgan fingerprint density at radius 3 is 2.17 bits per heavy atom. The fourth-order valence-corrected chi connectivity index (χ4v) is 5.13. The van der Waals surface area contributed by atoms with Crippen molar-refractivity contribution < 1.29 is 37.4 Å². The summed E-state index contributed by atoms with van der Waals surface area (Å²) in [6.07, 6.45) is -3.51. The monoisotopic (exact) mass is 619 g/mol. The van der Waals surface area contributed by atoms with Crippen LogP contribution in [0.5, 0.6) is 5.88 Å². The lowest BCUT2D eigenvalue weighted by Crippen LogP contribution is -2.30. The molecule has 13 heteroatoms. The zero-order chi connectivity index (χ0) is 30.8. The van der Waals surface area contributed by atoms with E-state index in [1.165, 1.54) is 7.11 Å². The molecule has 0 saturated carbocycles. The van der Waals surface area contributed by atoms with Crippen LogP contribution in [0, 0.1) is 13.8 Å². The van der Waals surface area contributed by atoms with E-state index >= 15 is 0 Å². The highest BCUT2D eigenvalue weighted by Crippen LogP contribution is 2.43. The number of carboxylic acid groups (broad SMARTS) is 1. The molecular weight excluding hydrogens is 598 g/mol. The summed E-state index contributed by atoms with van der Waals surface area (Å²) in [4.78, 5) is 17.8. The first-order chi connectivity index (χ1) is 19.8. The third-order valence-electron chi connectivity index (χ3n) is 6.36. The Hall–Kier alpha value is -4.19. The van der Waals surface area contributed by atoms with E-state index in [2.05, 4.69) is 15.1 Å². The lowest BCUT2D eigenvalue weighted by Gasteiger charge is -2.29. The van der Waals surface area contributed by atoms with Gasteiger partial charge in [-0.15, -0.1) is 0 Å². The van der Waals surface area contributed by atoms with Crippen LogP contribution in [-0.4, -0.2) is 44.6 Å². The predicted octanol–water partition coefficient (Wildman–Crippen LogP) is 7.13. The second-order valence-electron chi connectivity index (χ2n) is 8.99. The molecule has 0 spiro atoms. The number of nitrogens with zero attached hydrogens (tertiary/aromatic N) is 3. The highest BCUT2D eigenvalue weighted by Gasteiger charge is 2.40. The lowest BCUT2D eigenvalue weighted by atomic mass is 9.79. The van der Waals surface area contributed by atoms with E-state index in [-0.39, 0.29) is 0 Å². The minimum absolute atomic E-state index is 0.307. The molecule has 0 radical (unpaired) electrons. The van der Waals surface area contributed by atoms with Crippen molar-refractivity contribution in [3.8, 4) is 17.0 Å². The molecule has 3 aromatic heterocycles. The second-order valence-corrected chi connectivity index (χ2v) is 9.73. The fourth-order valence-electron chi connectivity index (χ4n) is 4.44. The minimum atomic E-state index is -5.08. The highest BCUT2D eigenvalue weighted by molar-refractivity contribution is 6.42. The molecule has 0 aliphatic rings. The zero-order valence-corrected chi connectivity index (χ0v) is 23.7. The van der Waals surface area contributed by atoms with Gasteiger partial charge in [-0.2, -0.15) is 13.2 Å². The molecule has 0 aliphatic heterocycles. The third-order valence-corrected chi connectivity index (χ3v) is 7.02. The Labute approximate surface area is 247 Å². The Morgan fingerprint density at radius 2 is 1.64 bits per heavy atom. The van der Waals surface area contributed by atoms with E-state index in [9.17, 15) is 18.3 Å². The normalized spacial score (nSPS) is 12.8. The van der Waals surface area contributed by atoms with E-state index in [0.29, 0.717) is 60.7 Å². The smallest absolute Gasteiger partial charge is 0.481 e. The van der Waals surface area contributed by atoms with Crippen molar-refractivity contribution in [1.82, 2.24) is 15.1 Å². The van der Waals surface area contributed by atoms with Crippen LogP contribution in [0.25, 0.3) is 22.0 Å². The number of aromatic nitrogens is 3. The van der Waals surface area contributed by atoms with Crippen LogP contribution in [-0.2, 0) is 10.4 Å². The molecule has 5 aromatic rings. The van der Waals surface area contributed by atoms with Crippen molar-refractivity contribution in [1.29, 1.82) is 0 Å². The van der Waals surface area contributed by atoms with Crippen molar-refractivity contribution in [2.75, 3.05) is 7.11 Å². The molecule has 3 heterocycles. The summed E-state index contributed by atoms with van der Waals surface area (Å²) in [6.45, 7) is 3.55. The summed E-state index contributed by atoms with van der Waals surface area (Å²) in [6, 6.07) is 18.5. The van der Waals surface area contributed by atoms with Crippen LogP contribution in [0.3, 0.4) is 0 Å². The Balaban J connectivity index is 0.000000517. The number of carboxylic acids is 1. The van der Waals surface area contributed by atoms with E-state index in [0.717, 1.165) is 5.56 Å². The number of pyridine rings is 2. The zero-order valence-electron chi connectivity index (χ0n) is 22.2. The highest BCUT2D eigenvalue weighted by atomic mass is 35.5. The van der Waals surface area contributed by atoms with Crippen LogP contribution in [0.4, 0.5) is 13.2 Å². The lowest BCUT2D eigenvalue weighted by molar-refractivity contribution is -0.192. The van der Waals surface area contributed by atoms with Gasteiger partial charge in [0.1, 0.15) is 16.5 Å². The predicted molar refractivity (Wildman–Crippen MR) is 150 cm³/mol. The summed E-state index contributed by atoms with van der Waals surface area (Å²) in [7, 11) is 1.54. The molecular formula is C29H22Cl2F3N3O5. The molecule has 0 amide bonds. The van der Waals surface area contributed by atoms with Gasteiger partial charge in [0.25, 0.3) is 0 Å². The van der Waals surface area contributed by atoms with Crippen LogP contribution >= 0.6 is 23.2 Å². The minimum Gasteiger partial charge on any atom is -0.481 e. The number of methoxy groups -OCH3 is 1. The van der Waals surface area contributed by atoms with Gasteiger partial charge in [-0.05, 0) is 43.2 Å². The number of ether oxygens (including phenoxy) is 1. The molecule has 2 aromatic carbocycles. The first-order valence-corrected chi connectivity index (χ1v) is 12.9. The van der Waals surface area contributed by atoms with Crippen molar-refractivity contribution in [2.45, 2.75) is 25.6 Å². The average molecular weight is 620 g/mol. The van der Waals surface area contributed by atoms with Crippen molar-refractivity contribution in [2.24, 2.45) is 0 Å². The van der Waals surface area contributed by atoms with Crippen LogP contribution in [0.2, 0.25) is 10.2 Å². The van der Waals surface area contributed by atoms with Gasteiger partial charge < -0.3 is 19.5 Å². The number of carbonyl (C=O) groups is 1. The topological polar surface area (TPSA) is 119 Å². The summed E-state index contributed by atoms with van der Waals surface area (Å²) in [5, 5.41) is 25.0. The molecule has 0 bridgehead atoms. The van der Waals surface area contributed by atoms with E-state index in [1.807, 2.05) is 36.4 Å². The molecule has 1 atom stereocenters. The van der Waals surface area contributed by atoms with Gasteiger partial charge in [0.05, 0.1) is 28.9 Å². The third kappa shape index (κ3) is 5.89. The molecule has 0 aliphatic carbocycles. The summed E-state index contributed by atoms with van der Waals surface area (Å²) >= 11 is 13.4. The van der Waals surface area contributed by atoms with Gasteiger partial charge in [0.15, 0.2) is 0 Å². The maximum absolute atomic E-state index is 12.4. The van der Waals surface area contributed by atoms with Crippen LogP contribution in [0.15, 0.2) is 71.4 Å². The fraction of sp³-hybridized carbons (Fsp3) is 0.172. The van der Waals surface area contributed by atoms with E-state index < -0.39 is 17.7 Å². The first-order valence-electron chi connectivity index (χ1n) is 12.1. The molecule has 2 N–H and O–H groups in total. The maximum Gasteiger partial charge on any atom is 0.490 e. The number of fused-ring (bicyclic) bond motifs is 1. The maximum atomic E-state index is 12.4. The number of aliphatic carboxylic acids is 1. The number of benzene rings is 2. The number of aryl methyl sites for hydroxylation is 2. The summed E-state index contributed by atoms with van der Waals surface area (Å²) in [5.41, 5.74) is 2.63. The molecule has 0 fully saturated rings. The largest absolute Gasteiger partial charge is 0.490 e. The quantitative estimate of drug-likeness (QED) is 0.199. The van der Waals surface area contributed by atoms with E-state index in [1.54, 1.807) is 44.3 Å². The second kappa shape index (κ2) is 12.0. The Bertz CT molecular complexity index is 1730. The number of aliphatic hydroxyl groups is 1. The first kappa shape index (κ1) is 30.8. The summed E-state index contributed by atoms with van der Waals surface area (Å²) < 4.78 is 42.4. The van der Waals surface area contributed by atoms with Gasteiger partial charge in [-0.1, -0.05) is 64.8 Å². The Kier molecular flexibility index (Phi) is 8.76. The number of rotatable bonds is 5. The van der Waals surface area contributed by atoms with Crippen molar-refractivity contribution in [3.05, 3.63) is 105 Å². The van der Waals surface area contributed by atoms with Gasteiger partial charge in [0.2, 0.25) is 5.88 Å². The number of hydrogen-bond donors (Lipinski definition) is 2. The average Bonchev–Trinajstić information content (AvgIpc) is 3.31. The summed E-state index contributed by atoms with van der Waals surface area (Å²) in [5.74, 6) is -1.83. The molecule has 42 heavy (non-hydrogen) atoms. The number of halogens is 5. The van der Waals surface area contributed by atoms with Crippen LogP contribution in [0.1, 0.15) is 28.1 Å². The molecule has 1 unspecified atom stereocenters. The number of alkyl halides is 3.